The van der Waals surface area contributed by atoms with Gasteiger partial charge in [0.05, 0.1) is 10.8 Å². The lowest BCUT2D eigenvalue weighted by molar-refractivity contribution is -0.121. The molecule has 1 saturated heterocycles. The molecular formula is C18H19ClN2O2S. The summed E-state index contributed by atoms with van der Waals surface area (Å²) in [7, 11) is 0. The normalized spacial score (nSPS) is 17.6. The quantitative estimate of drug-likeness (QED) is 0.889. The van der Waals surface area contributed by atoms with Crippen molar-refractivity contribution < 1.29 is 9.59 Å². The predicted molar refractivity (Wildman–Crippen MR) is 97.8 cm³/mol. The second kappa shape index (κ2) is 7.36. The van der Waals surface area contributed by atoms with Gasteiger partial charge in [-0.15, -0.1) is 11.3 Å². The number of carbonyl (C=O) groups is 2. The van der Waals surface area contributed by atoms with Crippen LogP contribution in [0.3, 0.4) is 0 Å². The highest BCUT2D eigenvalue weighted by atomic mass is 35.5. The average Bonchev–Trinajstić information content (AvgIpc) is 3.12. The zero-order valence-corrected chi connectivity index (χ0v) is 15.0. The number of aryl methyl sites for hydroxylation is 1. The standard InChI is InChI=1S/C18H19ClN2O2S/c1-12-6-7-14(10-15(12)19)20-17(22)13-4-2-8-21(11-13)18(23)16-5-3-9-24-16/h3,5-7,9-10,13H,2,4,8,11H2,1H3,(H,20,22)/t13-/m0/s1. The monoisotopic (exact) mass is 362 g/mol. The summed E-state index contributed by atoms with van der Waals surface area (Å²) in [5.41, 5.74) is 1.66. The Morgan fingerprint density at radius 2 is 2.17 bits per heavy atom. The Labute approximate surface area is 150 Å². The van der Waals surface area contributed by atoms with Crippen molar-refractivity contribution in [2.45, 2.75) is 19.8 Å². The number of nitrogens with zero attached hydrogens (tertiary/aromatic N) is 1. The lowest BCUT2D eigenvalue weighted by atomic mass is 9.97. The summed E-state index contributed by atoms with van der Waals surface area (Å²) in [6.07, 6.45) is 1.63. The number of hydrogen-bond donors (Lipinski definition) is 1. The van der Waals surface area contributed by atoms with Crippen molar-refractivity contribution >= 4 is 40.4 Å². The van der Waals surface area contributed by atoms with Crippen molar-refractivity contribution in [2.75, 3.05) is 18.4 Å². The first-order valence-corrected chi connectivity index (χ1v) is 9.20. The number of likely N-dealkylation sites (tertiary alicyclic amines) is 1. The maximum atomic E-state index is 12.5. The maximum Gasteiger partial charge on any atom is 0.263 e. The Morgan fingerprint density at radius 3 is 2.88 bits per heavy atom. The van der Waals surface area contributed by atoms with E-state index in [1.807, 2.05) is 36.6 Å². The molecular weight excluding hydrogens is 344 g/mol. The number of nitrogens with one attached hydrogen (secondary N) is 1. The number of piperidine rings is 1. The van der Waals surface area contributed by atoms with Gasteiger partial charge in [-0.25, -0.2) is 0 Å². The lowest BCUT2D eigenvalue weighted by Gasteiger charge is -2.31. The van der Waals surface area contributed by atoms with Crippen LogP contribution in [0.4, 0.5) is 5.69 Å². The molecule has 1 aromatic heterocycles. The molecule has 0 spiro atoms. The van der Waals surface area contributed by atoms with Crippen LogP contribution in [-0.4, -0.2) is 29.8 Å². The molecule has 1 aromatic carbocycles. The first-order chi connectivity index (χ1) is 11.5. The first-order valence-electron chi connectivity index (χ1n) is 7.94. The maximum absolute atomic E-state index is 12.5. The molecule has 3 rings (SSSR count). The SMILES string of the molecule is Cc1ccc(NC(=O)[C@H]2CCCN(C(=O)c3cccs3)C2)cc1Cl. The Balaban J connectivity index is 1.64. The summed E-state index contributed by atoms with van der Waals surface area (Å²) in [6, 6.07) is 9.17. The van der Waals surface area contributed by atoms with E-state index < -0.39 is 0 Å². The van der Waals surface area contributed by atoms with E-state index in [2.05, 4.69) is 5.32 Å². The second-order valence-electron chi connectivity index (χ2n) is 6.02. The molecule has 2 aromatic rings. The molecule has 0 saturated carbocycles. The summed E-state index contributed by atoms with van der Waals surface area (Å²) < 4.78 is 0. The summed E-state index contributed by atoms with van der Waals surface area (Å²) in [4.78, 5) is 27.5. The van der Waals surface area contributed by atoms with Gasteiger partial charge in [-0.2, -0.15) is 0 Å². The molecule has 0 bridgehead atoms. The summed E-state index contributed by atoms with van der Waals surface area (Å²) in [5.74, 6) is -0.234. The molecule has 126 valence electrons. The van der Waals surface area contributed by atoms with Gasteiger partial charge < -0.3 is 10.2 Å². The highest BCUT2D eigenvalue weighted by molar-refractivity contribution is 7.12. The minimum atomic E-state index is -0.192. The fourth-order valence-corrected chi connectivity index (χ4v) is 3.72. The van der Waals surface area contributed by atoms with Crippen LogP contribution in [-0.2, 0) is 4.79 Å². The minimum absolute atomic E-state index is 0.0147. The lowest BCUT2D eigenvalue weighted by Crippen LogP contribution is -2.43. The van der Waals surface area contributed by atoms with Crippen LogP contribution < -0.4 is 5.32 Å². The van der Waals surface area contributed by atoms with Crippen molar-refractivity contribution in [1.29, 1.82) is 0 Å². The zero-order valence-electron chi connectivity index (χ0n) is 13.4. The van der Waals surface area contributed by atoms with E-state index in [0.717, 1.165) is 23.3 Å². The van der Waals surface area contributed by atoms with Crippen LogP contribution >= 0.6 is 22.9 Å². The summed E-state index contributed by atoms with van der Waals surface area (Å²) in [6.45, 7) is 3.09. The molecule has 1 aliphatic rings. The zero-order chi connectivity index (χ0) is 17.1. The molecule has 0 radical (unpaired) electrons. The molecule has 0 aliphatic carbocycles. The topological polar surface area (TPSA) is 49.4 Å². The van der Waals surface area contributed by atoms with Crippen molar-refractivity contribution in [3.05, 3.63) is 51.2 Å². The van der Waals surface area contributed by atoms with E-state index in [1.165, 1.54) is 11.3 Å². The largest absolute Gasteiger partial charge is 0.337 e. The van der Waals surface area contributed by atoms with Gasteiger partial charge in [0.2, 0.25) is 5.91 Å². The molecule has 6 heteroatoms. The molecule has 1 atom stereocenters. The highest BCUT2D eigenvalue weighted by Gasteiger charge is 2.29. The van der Waals surface area contributed by atoms with Crippen molar-refractivity contribution in [3.63, 3.8) is 0 Å². The van der Waals surface area contributed by atoms with E-state index in [-0.39, 0.29) is 17.7 Å². The Hall–Kier alpha value is -1.85. The van der Waals surface area contributed by atoms with E-state index in [1.54, 1.807) is 11.0 Å². The van der Waals surface area contributed by atoms with Crippen LogP contribution in [0, 0.1) is 12.8 Å². The van der Waals surface area contributed by atoms with Gasteiger partial charge in [0, 0.05) is 23.8 Å². The van der Waals surface area contributed by atoms with Crippen LogP contribution in [0.15, 0.2) is 35.7 Å². The molecule has 1 N–H and O–H groups in total. The van der Waals surface area contributed by atoms with Crippen LogP contribution in [0.1, 0.15) is 28.1 Å². The van der Waals surface area contributed by atoms with E-state index in [9.17, 15) is 9.59 Å². The van der Waals surface area contributed by atoms with Gasteiger partial charge in [-0.05, 0) is 48.9 Å². The van der Waals surface area contributed by atoms with E-state index in [4.69, 9.17) is 11.6 Å². The van der Waals surface area contributed by atoms with Gasteiger partial charge >= 0.3 is 0 Å². The third kappa shape index (κ3) is 3.79. The number of rotatable bonds is 3. The van der Waals surface area contributed by atoms with Crippen LogP contribution in [0.2, 0.25) is 5.02 Å². The number of carbonyl (C=O) groups excluding carboxylic acids is 2. The number of benzene rings is 1. The number of anilines is 1. The van der Waals surface area contributed by atoms with E-state index >= 15 is 0 Å². The minimum Gasteiger partial charge on any atom is -0.337 e. The molecule has 2 amide bonds. The predicted octanol–water partition coefficient (Wildman–Crippen LogP) is 4.20. The molecule has 1 fully saturated rings. The van der Waals surface area contributed by atoms with Crippen molar-refractivity contribution in [1.82, 2.24) is 4.90 Å². The van der Waals surface area contributed by atoms with Gasteiger partial charge in [0.15, 0.2) is 0 Å². The van der Waals surface area contributed by atoms with E-state index in [0.29, 0.717) is 23.8 Å². The fraction of sp³-hybridized carbons (Fsp3) is 0.333. The molecule has 24 heavy (non-hydrogen) atoms. The third-order valence-electron chi connectivity index (χ3n) is 4.25. The van der Waals surface area contributed by atoms with Crippen molar-refractivity contribution in [2.24, 2.45) is 5.92 Å². The number of thiophene rings is 1. The third-order valence-corrected chi connectivity index (χ3v) is 5.52. The van der Waals surface area contributed by atoms with Gasteiger partial charge in [0.25, 0.3) is 5.91 Å². The molecule has 0 unspecified atom stereocenters. The second-order valence-corrected chi connectivity index (χ2v) is 7.38. The Bertz CT molecular complexity index is 745. The van der Waals surface area contributed by atoms with Crippen LogP contribution in [0.25, 0.3) is 0 Å². The van der Waals surface area contributed by atoms with Crippen LogP contribution in [0.5, 0.6) is 0 Å². The highest BCUT2D eigenvalue weighted by Crippen LogP contribution is 2.24. The smallest absolute Gasteiger partial charge is 0.263 e. The average molecular weight is 363 g/mol. The molecule has 2 heterocycles. The fourth-order valence-electron chi connectivity index (χ4n) is 2.85. The number of halogens is 1. The Kier molecular flexibility index (Phi) is 5.21. The molecule has 1 aliphatic heterocycles. The number of amides is 2. The van der Waals surface area contributed by atoms with Gasteiger partial charge in [-0.1, -0.05) is 23.7 Å². The van der Waals surface area contributed by atoms with Gasteiger partial charge in [0.1, 0.15) is 0 Å². The number of hydrogen-bond acceptors (Lipinski definition) is 3. The summed E-state index contributed by atoms with van der Waals surface area (Å²) in [5, 5.41) is 5.44. The first kappa shape index (κ1) is 17.0. The summed E-state index contributed by atoms with van der Waals surface area (Å²) >= 11 is 7.54. The Morgan fingerprint density at radius 1 is 1.33 bits per heavy atom. The molecule has 4 nitrogen and oxygen atoms in total. The van der Waals surface area contributed by atoms with Crippen molar-refractivity contribution in [3.8, 4) is 0 Å². The van der Waals surface area contributed by atoms with Gasteiger partial charge in [-0.3, -0.25) is 9.59 Å².